The second-order valence-corrected chi connectivity index (χ2v) is 6.51. The molecular formula is C21H25N3O2. The molecule has 2 N–H and O–H groups in total. The third kappa shape index (κ3) is 4.49. The van der Waals surface area contributed by atoms with Gasteiger partial charge in [-0.25, -0.2) is 0 Å². The van der Waals surface area contributed by atoms with Gasteiger partial charge in [-0.05, 0) is 42.3 Å². The molecule has 136 valence electrons. The number of nitrogens with one attached hydrogen (secondary N) is 2. The third-order valence-corrected chi connectivity index (χ3v) is 4.59. The first-order chi connectivity index (χ1) is 12.7. The summed E-state index contributed by atoms with van der Waals surface area (Å²) in [5, 5.41) is 6.27. The van der Waals surface area contributed by atoms with Crippen LogP contribution in [0.2, 0.25) is 0 Å². The normalized spacial score (nSPS) is 13.9. The molecule has 0 atom stereocenters. The van der Waals surface area contributed by atoms with E-state index < -0.39 is 0 Å². The minimum Gasteiger partial charge on any atom is -0.338 e. The number of amides is 2. The Balaban J connectivity index is 1.64. The van der Waals surface area contributed by atoms with Crippen LogP contribution in [0.15, 0.2) is 48.5 Å². The van der Waals surface area contributed by atoms with Gasteiger partial charge in [0, 0.05) is 37.3 Å². The number of anilines is 1. The van der Waals surface area contributed by atoms with Gasteiger partial charge in [0.05, 0.1) is 0 Å². The van der Waals surface area contributed by atoms with E-state index in [-0.39, 0.29) is 11.8 Å². The minimum absolute atomic E-state index is 0.127. The van der Waals surface area contributed by atoms with E-state index in [1.54, 1.807) is 0 Å². The monoisotopic (exact) mass is 351 g/mol. The zero-order chi connectivity index (χ0) is 18.4. The molecule has 3 rings (SSSR count). The Morgan fingerprint density at radius 1 is 1.12 bits per heavy atom. The number of rotatable bonds is 7. The van der Waals surface area contributed by atoms with E-state index in [4.69, 9.17) is 0 Å². The third-order valence-electron chi connectivity index (χ3n) is 4.59. The molecule has 1 aliphatic rings. The number of carbonyl (C=O) groups excluding carboxylic acids is 2. The number of likely N-dealkylation sites (tertiary alicyclic amines) is 1. The van der Waals surface area contributed by atoms with Gasteiger partial charge in [0.25, 0.3) is 5.91 Å². The zero-order valence-electron chi connectivity index (χ0n) is 15.1. The Labute approximate surface area is 154 Å². The van der Waals surface area contributed by atoms with Crippen molar-refractivity contribution >= 4 is 17.5 Å². The highest BCUT2D eigenvalue weighted by Gasteiger charge is 2.20. The summed E-state index contributed by atoms with van der Waals surface area (Å²) in [6.07, 6.45) is 1.58. The quantitative estimate of drug-likeness (QED) is 0.805. The molecule has 26 heavy (non-hydrogen) atoms. The van der Waals surface area contributed by atoms with Crippen LogP contribution in [0, 0.1) is 0 Å². The molecule has 2 aromatic carbocycles. The van der Waals surface area contributed by atoms with Crippen molar-refractivity contribution in [3.05, 3.63) is 65.2 Å². The van der Waals surface area contributed by atoms with Gasteiger partial charge in [-0.1, -0.05) is 37.3 Å². The van der Waals surface area contributed by atoms with E-state index >= 15 is 0 Å². The molecule has 0 saturated carbocycles. The van der Waals surface area contributed by atoms with Gasteiger partial charge in [0.1, 0.15) is 0 Å². The molecule has 0 radical (unpaired) electrons. The summed E-state index contributed by atoms with van der Waals surface area (Å²) in [5.74, 6) is 0.0851. The van der Waals surface area contributed by atoms with Gasteiger partial charge < -0.3 is 15.5 Å². The molecule has 5 nitrogen and oxygen atoms in total. The molecule has 1 saturated heterocycles. The number of nitrogens with zero attached hydrogens (tertiary/aromatic N) is 1. The molecule has 0 aliphatic carbocycles. The first-order valence-corrected chi connectivity index (χ1v) is 9.14. The number of benzene rings is 2. The van der Waals surface area contributed by atoms with E-state index in [0.29, 0.717) is 18.5 Å². The van der Waals surface area contributed by atoms with Crippen LogP contribution in [0.4, 0.5) is 5.69 Å². The fourth-order valence-electron chi connectivity index (χ4n) is 3.10. The van der Waals surface area contributed by atoms with E-state index in [0.717, 1.165) is 42.9 Å². The van der Waals surface area contributed by atoms with Gasteiger partial charge in [-0.2, -0.15) is 0 Å². The fourth-order valence-corrected chi connectivity index (χ4v) is 3.10. The van der Waals surface area contributed by atoms with Gasteiger partial charge >= 0.3 is 0 Å². The highest BCUT2D eigenvalue weighted by molar-refractivity contribution is 6.04. The van der Waals surface area contributed by atoms with Crippen LogP contribution in [0.5, 0.6) is 0 Å². The Bertz CT molecular complexity index is 771. The largest absolute Gasteiger partial charge is 0.338 e. The smallest absolute Gasteiger partial charge is 0.255 e. The van der Waals surface area contributed by atoms with E-state index in [2.05, 4.69) is 17.6 Å². The van der Waals surface area contributed by atoms with Gasteiger partial charge in [-0.15, -0.1) is 0 Å². The Morgan fingerprint density at radius 2 is 1.88 bits per heavy atom. The number of hydrogen-bond donors (Lipinski definition) is 2. The SMILES string of the molecule is CCNCc1ccccc1NC(=O)c1ccc(CN2CCCC2=O)cc1. The van der Waals surface area contributed by atoms with E-state index in [1.807, 2.05) is 53.4 Å². The van der Waals surface area contributed by atoms with Crippen LogP contribution < -0.4 is 10.6 Å². The Kier molecular flexibility index (Phi) is 6.02. The highest BCUT2D eigenvalue weighted by atomic mass is 16.2. The molecule has 2 aromatic rings. The first-order valence-electron chi connectivity index (χ1n) is 9.14. The average Bonchev–Trinajstić information content (AvgIpc) is 3.06. The maximum atomic E-state index is 12.6. The lowest BCUT2D eigenvalue weighted by Crippen LogP contribution is -2.23. The summed E-state index contributed by atoms with van der Waals surface area (Å²) in [6, 6.07) is 15.3. The van der Waals surface area contributed by atoms with Crippen LogP contribution in [-0.4, -0.2) is 29.8 Å². The molecule has 0 aromatic heterocycles. The van der Waals surface area contributed by atoms with Gasteiger partial charge in [0.15, 0.2) is 0 Å². The van der Waals surface area contributed by atoms with Crippen molar-refractivity contribution in [2.75, 3.05) is 18.4 Å². The maximum Gasteiger partial charge on any atom is 0.255 e. The van der Waals surface area contributed by atoms with E-state index in [1.165, 1.54) is 0 Å². The van der Waals surface area contributed by atoms with Gasteiger partial charge in [0.2, 0.25) is 5.91 Å². The van der Waals surface area contributed by atoms with E-state index in [9.17, 15) is 9.59 Å². The van der Waals surface area contributed by atoms with Crippen molar-refractivity contribution in [1.29, 1.82) is 0 Å². The highest BCUT2D eigenvalue weighted by Crippen LogP contribution is 2.18. The van der Waals surface area contributed by atoms with Crippen molar-refractivity contribution in [3.63, 3.8) is 0 Å². The molecular weight excluding hydrogens is 326 g/mol. The summed E-state index contributed by atoms with van der Waals surface area (Å²) in [6.45, 7) is 5.09. The minimum atomic E-state index is -0.127. The fraction of sp³-hybridized carbons (Fsp3) is 0.333. The Hall–Kier alpha value is -2.66. The molecule has 0 spiro atoms. The van der Waals surface area contributed by atoms with Crippen LogP contribution in [0.3, 0.4) is 0 Å². The predicted octanol–water partition coefficient (Wildman–Crippen LogP) is 3.17. The topological polar surface area (TPSA) is 61.4 Å². The molecule has 2 amide bonds. The van der Waals surface area contributed by atoms with Crippen molar-refractivity contribution in [2.45, 2.75) is 32.9 Å². The predicted molar refractivity (Wildman–Crippen MR) is 103 cm³/mol. The molecule has 1 heterocycles. The van der Waals surface area contributed by atoms with Crippen LogP contribution in [-0.2, 0) is 17.9 Å². The Morgan fingerprint density at radius 3 is 2.58 bits per heavy atom. The zero-order valence-corrected chi connectivity index (χ0v) is 15.1. The average molecular weight is 351 g/mol. The summed E-state index contributed by atoms with van der Waals surface area (Å²) in [5.41, 5.74) is 3.54. The number of para-hydroxylation sites is 1. The second-order valence-electron chi connectivity index (χ2n) is 6.51. The van der Waals surface area contributed by atoms with Crippen LogP contribution in [0.25, 0.3) is 0 Å². The van der Waals surface area contributed by atoms with Crippen molar-refractivity contribution in [3.8, 4) is 0 Å². The lowest BCUT2D eigenvalue weighted by Gasteiger charge is -2.15. The lowest BCUT2D eigenvalue weighted by atomic mass is 10.1. The molecule has 1 aliphatic heterocycles. The second kappa shape index (κ2) is 8.63. The summed E-state index contributed by atoms with van der Waals surface area (Å²) >= 11 is 0. The lowest BCUT2D eigenvalue weighted by molar-refractivity contribution is -0.128. The summed E-state index contributed by atoms with van der Waals surface area (Å²) in [4.78, 5) is 26.1. The molecule has 5 heteroatoms. The van der Waals surface area contributed by atoms with Crippen molar-refractivity contribution in [1.82, 2.24) is 10.2 Å². The molecule has 0 bridgehead atoms. The van der Waals surface area contributed by atoms with Crippen LogP contribution in [0.1, 0.15) is 41.3 Å². The number of carbonyl (C=O) groups is 2. The molecule has 0 unspecified atom stereocenters. The van der Waals surface area contributed by atoms with Crippen LogP contribution >= 0.6 is 0 Å². The number of hydrogen-bond acceptors (Lipinski definition) is 3. The first kappa shape index (κ1) is 18.1. The summed E-state index contributed by atoms with van der Waals surface area (Å²) in [7, 11) is 0. The van der Waals surface area contributed by atoms with Gasteiger partial charge in [-0.3, -0.25) is 9.59 Å². The maximum absolute atomic E-state index is 12.6. The summed E-state index contributed by atoms with van der Waals surface area (Å²) < 4.78 is 0. The standard InChI is InChI=1S/C21H25N3O2/c1-2-22-14-18-6-3-4-7-19(18)23-21(26)17-11-9-16(10-12-17)15-24-13-5-8-20(24)25/h3-4,6-7,9-12,22H,2,5,8,13-15H2,1H3,(H,23,26). The van der Waals surface area contributed by atoms with Crippen molar-refractivity contribution < 1.29 is 9.59 Å². The molecule has 1 fully saturated rings. The van der Waals surface area contributed by atoms with Crippen molar-refractivity contribution in [2.24, 2.45) is 0 Å².